The van der Waals surface area contributed by atoms with Crippen LogP contribution in [0.3, 0.4) is 0 Å². The molecule has 3 aliphatic heterocycles. The third kappa shape index (κ3) is 3.03. The minimum absolute atomic E-state index is 0.0459. The van der Waals surface area contributed by atoms with E-state index in [1.165, 1.54) is 11.1 Å². The lowest BCUT2D eigenvalue weighted by atomic mass is 9.96. The highest BCUT2D eigenvalue weighted by atomic mass is 16.5. The highest BCUT2D eigenvalue weighted by molar-refractivity contribution is 5.83. The van der Waals surface area contributed by atoms with Gasteiger partial charge in [-0.25, -0.2) is 9.97 Å². The Morgan fingerprint density at radius 3 is 3.11 bits per heavy atom. The number of benzene rings is 1. The molecule has 27 heavy (non-hydrogen) atoms. The molecule has 1 amide bonds. The van der Waals surface area contributed by atoms with Gasteiger partial charge in [-0.05, 0) is 30.4 Å². The molecule has 0 bridgehead atoms. The summed E-state index contributed by atoms with van der Waals surface area (Å²) in [4.78, 5) is 24.8. The zero-order chi connectivity index (χ0) is 18.2. The molecular weight excluding hydrogens is 340 g/mol. The maximum Gasteiger partial charge on any atom is 0.256 e. The van der Waals surface area contributed by atoms with Crippen molar-refractivity contribution in [1.82, 2.24) is 20.2 Å². The molecule has 0 aliphatic carbocycles. The van der Waals surface area contributed by atoms with E-state index in [4.69, 9.17) is 9.72 Å². The fourth-order valence-electron chi connectivity index (χ4n) is 4.46. The number of aromatic nitrogens is 2. The third-order valence-corrected chi connectivity index (χ3v) is 5.88. The van der Waals surface area contributed by atoms with Crippen LogP contribution in [-0.2, 0) is 28.9 Å². The van der Waals surface area contributed by atoms with Gasteiger partial charge in [-0.1, -0.05) is 24.3 Å². The highest BCUT2D eigenvalue weighted by Crippen LogP contribution is 2.36. The molecule has 4 heterocycles. The molecule has 0 radical (unpaired) electrons. The number of amides is 1. The van der Waals surface area contributed by atoms with Crippen molar-refractivity contribution in [2.45, 2.75) is 44.4 Å². The SMILES string of the molecule is O=C([C@@H]1OCCc2ccccc21)N1CCC[C@H]1c1ncc2c(n1)CCNC2. The van der Waals surface area contributed by atoms with Crippen molar-refractivity contribution in [3.05, 3.63) is 58.7 Å². The van der Waals surface area contributed by atoms with Crippen LogP contribution in [0.4, 0.5) is 0 Å². The van der Waals surface area contributed by atoms with Crippen LogP contribution in [0.5, 0.6) is 0 Å². The predicted octanol–water partition coefficient (Wildman–Crippen LogP) is 2.10. The molecule has 1 fully saturated rings. The number of carbonyl (C=O) groups is 1. The molecule has 6 heteroatoms. The minimum atomic E-state index is -0.502. The first kappa shape index (κ1) is 16.8. The number of fused-ring (bicyclic) bond motifs is 2. The van der Waals surface area contributed by atoms with Gasteiger partial charge in [-0.15, -0.1) is 0 Å². The van der Waals surface area contributed by atoms with Gasteiger partial charge in [-0.2, -0.15) is 0 Å². The van der Waals surface area contributed by atoms with Crippen LogP contribution in [0.2, 0.25) is 0 Å². The van der Waals surface area contributed by atoms with Crippen molar-refractivity contribution >= 4 is 5.91 Å². The molecule has 6 nitrogen and oxygen atoms in total. The maximum atomic E-state index is 13.4. The first-order chi connectivity index (χ1) is 13.3. The largest absolute Gasteiger partial charge is 0.363 e. The second kappa shape index (κ2) is 7.02. The van der Waals surface area contributed by atoms with Crippen molar-refractivity contribution in [3.63, 3.8) is 0 Å². The van der Waals surface area contributed by atoms with E-state index in [0.717, 1.165) is 62.4 Å². The van der Waals surface area contributed by atoms with E-state index in [1.54, 1.807) is 0 Å². The fraction of sp³-hybridized carbons (Fsp3) is 0.476. The molecule has 0 saturated carbocycles. The zero-order valence-electron chi connectivity index (χ0n) is 15.4. The van der Waals surface area contributed by atoms with Crippen LogP contribution in [0.1, 0.15) is 53.2 Å². The molecule has 1 N–H and O–H groups in total. The molecule has 140 valence electrons. The minimum Gasteiger partial charge on any atom is -0.363 e. The van der Waals surface area contributed by atoms with Gasteiger partial charge in [0.15, 0.2) is 11.9 Å². The monoisotopic (exact) mass is 364 g/mol. The summed E-state index contributed by atoms with van der Waals surface area (Å²) in [5, 5.41) is 3.35. The van der Waals surface area contributed by atoms with E-state index >= 15 is 0 Å². The quantitative estimate of drug-likeness (QED) is 0.884. The van der Waals surface area contributed by atoms with Gasteiger partial charge in [0.2, 0.25) is 0 Å². The lowest BCUT2D eigenvalue weighted by Gasteiger charge is -2.31. The second-order valence-electron chi connectivity index (χ2n) is 7.52. The summed E-state index contributed by atoms with van der Waals surface area (Å²) in [6, 6.07) is 8.08. The Hall–Kier alpha value is -2.31. The van der Waals surface area contributed by atoms with E-state index in [2.05, 4.69) is 16.4 Å². The maximum absolute atomic E-state index is 13.4. The number of nitrogens with zero attached hydrogens (tertiary/aromatic N) is 3. The van der Waals surface area contributed by atoms with Crippen molar-refractivity contribution < 1.29 is 9.53 Å². The van der Waals surface area contributed by atoms with E-state index in [-0.39, 0.29) is 11.9 Å². The van der Waals surface area contributed by atoms with Crippen LogP contribution in [0.25, 0.3) is 0 Å². The van der Waals surface area contributed by atoms with E-state index in [1.807, 2.05) is 29.3 Å². The third-order valence-electron chi connectivity index (χ3n) is 5.88. The summed E-state index contributed by atoms with van der Waals surface area (Å²) >= 11 is 0. The molecule has 1 aromatic heterocycles. The van der Waals surface area contributed by atoms with Gasteiger partial charge in [0.05, 0.1) is 12.6 Å². The first-order valence-electron chi connectivity index (χ1n) is 9.86. The highest BCUT2D eigenvalue weighted by Gasteiger charge is 2.38. The van der Waals surface area contributed by atoms with Gasteiger partial charge in [0.25, 0.3) is 5.91 Å². The Labute approximate surface area is 159 Å². The molecular formula is C21H24N4O2. The number of ether oxygens (including phenoxy) is 1. The van der Waals surface area contributed by atoms with E-state index in [0.29, 0.717) is 6.61 Å². The topological polar surface area (TPSA) is 67.3 Å². The summed E-state index contributed by atoms with van der Waals surface area (Å²) in [7, 11) is 0. The van der Waals surface area contributed by atoms with Crippen LogP contribution >= 0.6 is 0 Å². The smallest absolute Gasteiger partial charge is 0.256 e. The Balaban J connectivity index is 1.43. The second-order valence-corrected chi connectivity index (χ2v) is 7.52. The molecule has 0 unspecified atom stereocenters. The number of nitrogens with one attached hydrogen (secondary N) is 1. The van der Waals surface area contributed by atoms with Crippen LogP contribution in [-0.4, -0.2) is 40.5 Å². The van der Waals surface area contributed by atoms with Crippen LogP contribution in [0, 0.1) is 0 Å². The first-order valence-corrected chi connectivity index (χ1v) is 9.86. The molecule has 0 spiro atoms. The summed E-state index contributed by atoms with van der Waals surface area (Å²) < 4.78 is 5.91. The van der Waals surface area contributed by atoms with Crippen molar-refractivity contribution in [2.75, 3.05) is 19.7 Å². The number of hydrogen-bond acceptors (Lipinski definition) is 5. The Morgan fingerprint density at radius 2 is 2.15 bits per heavy atom. The van der Waals surface area contributed by atoms with Gasteiger partial charge in [0, 0.05) is 43.5 Å². The van der Waals surface area contributed by atoms with Gasteiger partial charge < -0.3 is 15.0 Å². The van der Waals surface area contributed by atoms with Gasteiger partial charge >= 0.3 is 0 Å². The molecule has 3 aliphatic rings. The molecule has 2 atom stereocenters. The standard InChI is InChI=1S/C21H24N4O2/c26-21(19-16-5-2-1-4-14(16)8-11-27-19)25-10-3-6-18(25)20-23-13-15-12-22-9-7-17(15)24-20/h1-2,4-5,13,18-19,22H,3,6-12H2/t18-,19+/m0/s1. The number of rotatable bonds is 2. The van der Waals surface area contributed by atoms with E-state index < -0.39 is 6.10 Å². The average molecular weight is 364 g/mol. The summed E-state index contributed by atoms with van der Waals surface area (Å²) in [6.07, 6.45) is 5.11. The summed E-state index contributed by atoms with van der Waals surface area (Å²) in [5.41, 5.74) is 4.52. The van der Waals surface area contributed by atoms with Crippen LogP contribution in [0.15, 0.2) is 30.5 Å². The summed E-state index contributed by atoms with van der Waals surface area (Å²) in [6.45, 7) is 3.11. The predicted molar refractivity (Wildman–Crippen MR) is 100.0 cm³/mol. The normalized spacial score (nSPS) is 24.4. The lowest BCUT2D eigenvalue weighted by molar-refractivity contribution is -0.146. The van der Waals surface area contributed by atoms with Crippen molar-refractivity contribution in [1.29, 1.82) is 0 Å². The Morgan fingerprint density at radius 1 is 1.22 bits per heavy atom. The van der Waals surface area contributed by atoms with E-state index in [9.17, 15) is 4.79 Å². The molecule has 5 rings (SSSR count). The average Bonchev–Trinajstić information content (AvgIpc) is 3.22. The summed E-state index contributed by atoms with van der Waals surface area (Å²) in [5.74, 6) is 0.832. The van der Waals surface area contributed by atoms with Gasteiger partial charge in [-0.3, -0.25) is 4.79 Å². The molecule has 1 aromatic carbocycles. The fourth-order valence-corrected chi connectivity index (χ4v) is 4.46. The van der Waals surface area contributed by atoms with Crippen molar-refractivity contribution in [3.8, 4) is 0 Å². The van der Waals surface area contributed by atoms with Crippen molar-refractivity contribution in [2.24, 2.45) is 0 Å². The Kier molecular flexibility index (Phi) is 4.38. The van der Waals surface area contributed by atoms with Gasteiger partial charge in [0.1, 0.15) is 0 Å². The number of likely N-dealkylation sites (tertiary alicyclic amines) is 1. The number of carbonyl (C=O) groups excluding carboxylic acids is 1. The molecule has 1 saturated heterocycles. The molecule has 2 aromatic rings. The Bertz CT molecular complexity index is 869. The van der Waals surface area contributed by atoms with Crippen LogP contribution < -0.4 is 5.32 Å². The lowest BCUT2D eigenvalue weighted by Crippen LogP contribution is -2.38. The zero-order valence-corrected chi connectivity index (χ0v) is 15.4. The number of hydrogen-bond donors (Lipinski definition) is 1.